The van der Waals surface area contributed by atoms with Crippen LogP contribution in [0.2, 0.25) is 5.02 Å². The zero-order chi connectivity index (χ0) is 16.3. The molecule has 4 nitrogen and oxygen atoms in total. The normalized spacial score (nSPS) is 21.3. The maximum absolute atomic E-state index is 11.7. The van der Waals surface area contributed by atoms with Gasteiger partial charge in [-0.15, -0.1) is 0 Å². The highest BCUT2D eigenvalue weighted by atomic mass is 79.9. The largest absolute Gasteiger partial charge is 0.481 e. The minimum absolute atomic E-state index is 0.194. The topological polar surface area (TPSA) is 69.6 Å². The summed E-state index contributed by atoms with van der Waals surface area (Å²) in [6.45, 7) is 2.31. The summed E-state index contributed by atoms with van der Waals surface area (Å²) in [7, 11) is 0. The first kappa shape index (κ1) is 17.6. The number of rotatable bonds is 7. The molecule has 0 spiro atoms. The van der Waals surface area contributed by atoms with Gasteiger partial charge < -0.3 is 15.5 Å². The number of unbranched alkanes of at least 4 members (excludes halogenated alkanes) is 3. The SMILES string of the molecule is CCCCCCC(C(=O)O)C1(O)CNc2cc(Cl)c(Br)cc21. The van der Waals surface area contributed by atoms with Crippen LogP contribution in [0.15, 0.2) is 16.6 Å². The average Bonchev–Trinajstić information content (AvgIpc) is 2.77. The number of benzene rings is 1. The molecule has 3 N–H and O–H groups in total. The predicted octanol–water partition coefficient (Wildman–Crippen LogP) is 4.39. The smallest absolute Gasteiger partial charge is 0.309 e. The van der Waals surface area contributed by atoms with Crippen LogP contribution >= 0.6 is 27.5 Å². The van der Waals surface area contributed by atoms with Crippen molar-refractivity contribution in [1.29, 1.82) is 0 Å². The number of hydrogen-bond donors (Lipinski definition) is 3. The fourth-order valence-corrected chi connectivity index (χ4v) is 3.54. The summed E-state index contributed by atoms with van der Waals surface area (Å²) in [5, 5.41) is 24.2. The van der Waals surface area contributed by atoms with Crippen molar-refractivity contribution in [2.24, 2.45) is 5.92 Å². The van der Waals surface area contributed by atoms with Gasteiger partial charge in [0, 0.05) is 22.3 Å². The summed E-state index contributed by atoms with van der Waals surface area (Å²) < 4.78 is 0.658. The Labute approximate surface area is 144 Å². The van der Waals surface area contributed by atoms with Crippen molar-refractivity contribution in [2.75, 3.05) is 11.9 Å². The molecule has 2 rings (SSSR count). The Bertz CT molecular complexity index is 567. The highest BCUT2D eigenvalue weighted by Crippen LogP contribution is 2.45. The maximum atomic E-state index is 11.7. The van der Waals surface area contributed by atoms with Crippen molar-refractivity contribution < 1.29 is 15.0 Å². The van der Waals surface area contributed by atoms with Gasteiger partial charge in [0.05, 0.1) is 10.9 Å². The molecule has 0 aromatic heterocycles. The van der Waals surface area contributed by atoms with E-state index in [0.717, 1.165) is 25.7 Å². The second kappa shape index (κ2) is 7.20. The first-order chi connectivity index (χ1) is 10.4. The van der Waals surface area contributed by atoms with Crippen molar-refractivity contribution in [3.05, 3.63) is 27.2 Å². The molecule has 0 radical (unpaired) electrons. The summed E-state index contributed by atoms with van der Waals surface area (Å²) in [6, 6.07) is 3.44. The second-order valence-electron chi connectivity index (χ2n) is 5.83. The number of hydrogen-bond acceptors (Lipinski definition) is 3. The number of carboxylic acids is 1. The van der Waals surface area contributed by atoms with E-state index in [1.54, 1.807) is 12.1 Å². The van der Waals surface area contributed by atoms with Crippen LogP contribution in [0.3, 0.4) is 0 Å². The van der Waals surface area contributed by atoms with Gasteiger partial charge in [0.1, 0.15) is 5.60 Å². The van der Waals surface area contributed by atoms with Gasteiger partial charge in [0.2, 0.25) is 0 Å². The molecule has 1 aliphatic heterocycles. The number of aliphatic hydroxyl groups is 1. The summed E-state index contributed by atoms with van der Waals surface area (Å²) >= 11 is 9.40. The molecular formula is C16H21BrClNO3. The van der Waals surface area contributed by atoms with Gasteiger partial charge >= 0.3 is 5.97 Å². The molecule has 1 aromatic carbocycles. The number of carboxylic acid groups (broad SMARTS) is 1. The van der Waals surface area contributed by atoms with Gasteiger partial charge in [-0.2, -0.15) is 0 Å². The molecule has 6 heteroatoms. The standard InChI is InChI=1S/C16H21BrClNO3/c1-2-3-4-5-6-10(15(20)21)16(22)9-19-14-8-13(18)12(17)7-11(14)16/h7-8,10,19,22H,2-6,9H2,1H3,(H,20,21). The zero-order valence-corrected chi connectivity index (χ0v) is 14.9. The Morgan fingerprint density at radius 2 is 2.18 bits per heavy atom. The quantitative estimate of drug-likeness (QED) is 0.604. The number of carbonyl (C=O) groups is 1. The van der Waals surface area contributed by atoms with Crippen LogP contribution in [0.1, 0.15) is 44.6 Å². The number of nitrogens with one attached hydrogen (secondary N) is 1. The highest BCUT2D eigenvalue weighted by Gasteiger charge is 2.47. The fraction of sp³-hybridized carbons (Fsp3) is 0.562. The van der Waals surface area contributed by atoms with Gasteiger partial charge in [0.15, 0.2) is 0 Å². The van der Waals surface area contributed by atoms with E-state index in [2.05, 4.69) is 28.2 Å². The Balaban J connectivity index is 2.25. The van der Waals surface area contributed by atoms with Crippen LogP contribution in [0.4, 0.5) is 5.69 Å². The van der Waals surface area contributed by atoms with Crippen LogP contribution in [0, 0.1) is 5.92 Å². The van der Waals surface area contributed by atoms with E-state index in [1.807, 2.05) is 0 Å². The molecule has 0 aliphatic carbocycles. The highest BCUT2D eigenvalue weighted by molar-refractivity contribution is 9.10. The second-order valence-corrected chi connectivity index (χ2v) is 7.09. The monoisotopic (exact) mass is 389 g/mol. The third-order valence-corrected chi connectivity index (χ3v) is 5.49. The van der Waals surface area contributed by atoms with E-state index in [-0.39, 0.29) is 6.54 Å². The summed E-state index contributed by atoms with van der Waals surface area (Å²) in [4.78, 5) is 11.7. The van der Waals surface area contributed by atoms with Gasteiger partial charge in [-0.25, -0.2) is 0 Å². The van der Waals surface area contributed by atoms with Gasteiger partial charge in [-0.1, -0.05) is 44.2 Å². The van der Waals surface area contributed by atoms with E-state index in [4.69, 9.17) is 11.6 Å². The lowest BCUT2D eigenvalue weighted by Gasteiger charge is -2.30. The molecule has 22 heavy (non-hydrogen) atoms. The van der Waals surface area contributed by atoms with E-state index in [1.165, 1.54) is 0 Å². The van der Waals surface area contributed by atoms with Crippen LogP contribution in [-0.4, -0.2) is 22.7 Å². The van der Waals surface area contributed by atoms with Crippen LogP contribution in [0.25, 0.3) is 0 Å². The number of halogens is 2. The van der Waals surface area contributed by atoms with Crippen molar-refractivity contribution >= 4 is 39.2 Å². The number of anilines is 1. The first-order valence-corrected chi connectivity index (χ1v) is 8.75. The Morgan fingerprint density at radius 3 is 2.82 bits per heavy atom. The first-order valence-electron chi connectivity index (χ1n) is 7.58. The lowest BCUT2D eigenvalue weighted by atomic mass is 9.79. The minimum atomic E-state index is -1.40. The number of aliphatic carboxylic acids is 1. The number of β-amino-alcohol motifs (C(OH)–C–C–N with tert-alkyl or cyclic N) is 1. The molecule has 0 bridgehead atoms. The molecule has 2 unspecified atom stereocenters. The summed E-state index contributed by atoms with van der Waals surface area (Å²) in [5.41, 5.74) is -0.0947. The lowest BCUT2D eigenvalue weighted by molar-refractivity contribution is -0.152. The van der Waals surface area contributed by atoms with Crippen molar-refractivity contribution in [1.82, 2.24) is 0 Å². The van der Waals surface area contributed by atoms with Crippen molar-refractivity contribution in [3.63, 3.8) is 0 Å². The summed E-state index contributed by atoms with van der Waals surface area (Å²) in [6.07, 6.45) is 4.43. The third-order valence-electron chi connectivity index (χ3n) is 4.30. The van der Waals surface area contributed by atoms with E-state index < -0.39 is 17.5 Å². The van der Waals surface area contributed by atoms with Gasteiger partial charge in [0.25, 0.3) is 0 Å². The van der Waals surface area contributed by atoms with E-state index >= 15 is 0 Å². The van der Waals surface area contributed by atoms with E-state index in [0.29, 0.717) is 27.2 Å². The molecule has 0 saturated heterocycles. The van der Waals surface area contributed by atoms with Gasteiger partial charge in [-0.05, 0) is 34.5 Å². The molecule has 0 fully saturated rings. The van der Waals surface area contributed by atoms with Gasteiger partial charge in [-0.3, -0.25) is 4.79 Å². The molecular weight excluding hydrogens is 370 g/mol. The van der Waals surface area contributed by atoms with Crippen molar-refractivity contribution in [3.8, 4) is 0 Å². The van der Waals surface area contributed by atoms with Crippen LogP contribution in [0.5, 0.6) is 0 Å². The molecule has 0 saturated carbocycles. The lowest BCUT2D eigenvalue weighted by Crippen LogP contribution is -2.41. The molecule has 1 aromatic rings. The molecule has 0 amide bonds. The molecule has 2 atom stereocenters. The third kappa shape index (κ3) is 3.42. The molecule has 1 aliphatic rings. The number of fused-ring (bicyclic) bond motifs is 1. The average molecular weight is 391 g/mol. The van der Waals surface area contributed by atoms with Crippen LogP contribution in [-0.2, 0) is 10.4 Å². The predicted molar refractivity (Wildman–Crippen MR) is 91.4 cm³/mol. The Hall–Kier alpha value is -0.780. The maximum Gasteiger partial charge on any atom is 0.309 e. The zero-order valence-electron chi connectivity index (χ0n) is 12.5. The Kier molecular flexibility index (Phi) is 5.75. The van der Waals surface area contributed by atoms with Crippen molar-refractivity contribution in [2.45, 2.75) is 44.6 Å². The molecule has 1 heterocycles. The summed E-state index contributed by atoms with van der Waals surface area (Å²) in [5.74, 6) is -1.79. The van der Waals surface area contributed by atoms with E-state index in [9.17, 15) is 15.0 Å². The molecule has 122 valence electrons. The van der Waals surface area contributed by atoms with Crippen LogP contribution < -0.4 is 5.32 Å². The minimum Gasteiger partial charge on any atom is -0.481 e. The Morgan fingerprint density at radius 1 is 1.45 bits per heavy atom. The fourth-order valence-electron chi connectivity index (χ4n) is 3.03.